The number of ether oxygens (including phenoxy) is 1. The molecule has 0 amide bonds. The van der Waals surface area contributed by atoms with E-state index >= 15 is 0 Å². The SMILES string of the molecule is CC.CC.CCC(C)c1ccc(OCC2CCC3CSC3C2)cc1. The van der Waals surface area contributed by atoms with Crippen molar-refractivity contribution in [1.29, 1.82) is 0 Å². The lowest BCUT2D eigenvalue weighted by molar-refractivity contribution is 0.187. The fraction of sp³-hybridized carbons (Fsp3) is 0.727. The molecular formula is C22H38OS. The molecule has 0 bridgehead atoms. The number of hydrogen-bond donors (Lipinski definition) is 0. The molecule has 1 aromatic rings. The first-order valence-corrected chi connectivity index (χ1v) is 11.2. The topological polar surface area (TPSA) is 9.23 Å². The lowest BCUT2D eigenvalue weighted by Gasteiger charge is -2.43. The predicted molar refractivity (Wildman–Crippen MR) is 110 cm³/mol. The van der Waals surface area contributed by atoms with Crippen molar-refractivity contribution in [2.45, 2.75) is 78.4 Å². The minimum absolute atomic E-state index is 0.648. The van der Waals surface area contributed by atoms with Crippen LogP contribution in [0.4, 0.5) is 0 Å². The van der Waals surface area contributed by atoms with Gasteiger partial charge in [0.25, 0.3) is 0 Å². The van der Waals surface area contributed by atoms with E-state index in [-0.39, 0.29) is 0 Å². The van der Waals surface area contributed by atoms with E-state index in [1.807, 2.05) is 27.7 Å². The third kappa shape index (κ3) is 6.02. The molecule has 0 spiro atoms. The van der Waals surface area contributed by atoms with E-state index in [0.717, 1.165) is 29.4 Å². The normalized spacial score (nSPS) is 25.7. The Hall–Kier alpha value is -0.630. The van der Waals surface area contributed by atoms with Gasteiger partial charge in [0.1, 0.15) is 5.75 Å². The van der Waals surface area contributed by atoms with Gasteiger partial charge in [-0.25, -0.2) is 0 Å². The van der Waals surface area contributed by atoms with Crippen LogP contribution in [0.15, 0.2) is 24.3 Å². The summed E-state index contributed by atoms with van der Waals surface area (Å²) in [4.78, 5) is 0. The highest BCUT2D eigenvalue weighted by atomic mass is 32.2. The molecule has 0 N–H and O–H groups in total. The molecule has 1 saturated carbocycles. The lowest BCUT2D eigenvalue weighted by Crippen LogP contribution is -2.38. The Morgan fingerprint density at radius 1 is 1.08 bits per heavy atom. The number of thioether (sulfide) groups is 1. The predicted octanol–water partition coefficient (Wildman–Crippen LogP) is 7.16. The fourth-order valence-corrected chi connectivity index (χ4v) is 4.74. The molecule has 0 radical (unpaired) electrons. The van der Waals surface area contributed by atoms with Crippen LogP contribution in [0.25, 0.3) is 0 Å². The Labute approximate surface area is 155 Å². The second-order valence-corrected chi connectivity index (χ2v) is 7.77. The molecule has 0 aromatic heterocycles. The average Bonchev–Trinajstić information content (AvgIpc) is 2.65. The Morgan fingerprint density at radius 2 is 1.75 bits per heavy atom. The summed E-state index contributed by atoms with van der Waals surface area (Å²) >= 11 is 2.17. The number of fused-ring (bicyclic) bond motifs is 1. The first-order valence-electron chi connectivity index (χ1n) is 10.1. The van der Waals surface area contributed by atoms with Crippen LogP contribution in [-0.2, 0) is 0 Å². The maximum atomic E-state index is 6.01. The third-order valence-corrected chi connectivity index (χ3v) is 6.73. The smallest absolute Gasteiger partial charge is 0.119 e. The van der Waals surface area contributed by atoms with Crippen LogP contribution in [0.5, 0.6) is 5.75 Å². The van der Waals surface area contributed by atoms with Gasteiger partial charge >= 0.3 is 0 Å². The summed E-state index contributed by atoms with van der Waals surface area (Å²) in [5.41, 5.74) is 1.42. The van der Waals surface area contributed by atoms with Crippen molar-refractivity contribution in [3.63, 3.8) is 0 Å². The molecule has 1 aliphatic heterocycles. The van der Waals surface area contributed by atoms with Crippen LogP contribution in [0.1, 0.15) is 78.7 Å². The largest absolute Gasteiger partial charge is 0.493 e. The molecule has 24 heavy (non-hydrogen) atoms. The van der Waals surface area contributed by atoms with Crippen LogP contribution >= 0.6 is 11.8 Å². The van der Waals surface area contributed by atoms with Crippen molar-refractivity contribution in [2.75, 3.05) is 12.4 Å². The number of benzene rings is 1. The van der Waals surface area contributed by atoms with E-state index in [2.05, 4.69) is 49.9 Å². The molecule has 1 heterocycles. The van der Waals surface area contributed by atoms with Crippen molar-refractivity contribution >= 4 is 11.8 Å². The van der Waals surface area contributed by atoms with Gasteiger partial charge in [-0.2, -0.15) is 11.8 Å². The van der Waals surface area contributed by atoms with Crippen LogP contribution in [-0.4, -0.2) is 17.6 Å². The zero-order valence-corrected chi connectivity index (χ0v) is 17.5. The summed E-state index contributed by atoms with van der Waals surface area (Å²) < 4.78 is 6.01. The van der Waals surface area contributed by atoms with E-state index in [1.165, 1.54) is 37.0 Å². The Bertz CT molecular complexity index is 428. The monoisotopic (exact) mass is 350 g/mol. The summed E-state index contributed by atoms with van der Waals surface area (Å²) in [6.07, 6.45) is 5.37. The standard InChI is InChI=1S/C18H26OS.2C2H6/c1-3-13(2)15-6-8-17(9-7-15)19-11-14-4-5-16-12-20-18(16)10-14;2*1-2/h6-9,13-14,16,18H,3-5,10-12H2,1-2H3;2*1-2H3. The fourth-order valence-electron chi connectivity index (χ4n) is 3.29. The van der Waals surface area contributed by atoms with Crippen LogP contribution in [0, 0.1) is 11.8 Å². The second kappa shape index (κ2) is 11.8. The minimum Gasteiger partial charge on any atom is -0.493 e. The molecule has 1 aromatic carbocycles. The molecule has 2 aliphatic rings. The van der Waals surface area contributed by atoms with Crippen molar-refractivity contribution < 1.29 is 4.74 Å². The molecule has 2 fully saturated rings. The van der Waals surface area contributed by atoms with Crippen LogP contribution in [0.3, 0.4) is 0 Å². The lowest BCUT2D eigenvalue weighted by atomic mass is 9.82. The molecule has 2 heteroatoms. The molecule has 3 rings (SSSR count). The van der Waals surface area contributed by atoms with Gasteiger partial charge in [0.05, 0.1) is 6.61 Å². The molecule has 1 nitrogen and oxygen atoms in total. The molecule has 1 aliphatic carbocycles. The molecule has 138 valence electrons. The van der Waals surface area contributed by atoms with E-state index in [9.17, 15) is 0 Å². The quantitative estimate of drug-likeness (QED) is 0.557. The second-order valence-electron chi connectivity index (χ2n) is 6.50. The van der Waals surface area contributed by atoms with Gasteiger partial charge in [-0.3, -0.25) is 0 Å². The summed E-state index contributed by atoms with van der Waals surface area (Å²) in [5.74, 6) is 4.91. The summed E-state index contributed by atoms with van der Waals surface area (Å²) in [7, 11) is 0. The highest BCUT2D eigenvalue weighted by Crippen LogP contribution is 2.46. The molecule has 1 saturated heterocycles. The maximum Gasteiger partial charge on any atom is 0.119 e. The van der Waals surface area contributed by atoms with Gasteiger partial charge in [0.2, 0.25) is 0 Å². The van der Waals surface area contributed by atoms with Gasteiger partial charge in [-0.1, -0.05) is 53.7 Å². The van der Waals surface area contributed by atoms with E-state index < -0.39 is 0 Å². The average molecular weight is 351 g/mol. The van der Waals surface area contributed by atoms with Crippen molar-refractivity contribution in [1.82, 2.24) is 0 Å². The number of hydrogen-bond acceptors (Lipinski definition) is 2. The first-order chi connectivity index (χ1) is 11.8. The van der Waals surface area contributed by atoms with Gasteiger partial charge in [-0.15, -0.1) is 0 Å². The maximum absolute atomic E-state index is 6.01. The highest BCUT2D eigenvalue weighted by molar-refractivity contribution is 8.01. The molecule has 4 atom stereocenters. The Balaban J connectivity index is 0.000000671. The van der Waals surface area contributed by atoms with Gasteiger partial charge in [0, 0.05) is 5.25 Å². The first kappa shape index (κ1) is 21.4. The minimum atomic E-state index is 0.648. The molecular weight excluding hydrogens is 312 g/mol. The van der Waals surface area contributed by atoms with E-state index in [4.69, 9.17) is 4.74 Å². The van der Waals surface area contributed by atoms with E-state index in [0.29, 0.717) is 5.92 Å². The summed E-state index contributed by atoms with van der Waals surface area (Å²) in [5, 5.41) is 0.949. The zero-order chi connectivity index (χ0) is 17.9. The highest BCUT2D eigenvalue weighted by Gasteiger charge is 2.37. The van der Waals surface area contributed by atoms with E-state index in [1.54, 1.807) is 0 Å². The summed E-state index contributed by atoms with van der Waals surface area (Å²) in [6.45, 7) is 13.4. The van der Waals surface area contributed by atoms with Gasteiger partial charge in [0.15, 0.2) is 0 Å². The molecule has 4 unspecified atom stereocenters. The summed E-state index contributed by atoms with van der Waals surface area (Å²) in [6, 6.07) is 8.74. The van der Waals surface area contributed by atoms with Crippen molar-refractivity contribution in [3.8, 4) is 5.75 Å². The Morgan fingerprint density at radius 3 is 2.25 bits per heavy atom. The van der Waals surface area contributed by atoms with Crippen molar-refractivity contribution in [3.05, 3.63) is 29.8 Å². The zero-order valence-electron chi connectivity index (χ0n) is 16.7. The third-order valence-electron chi connectivity index (χ3n) is 5.11. The van der Waals surface area contributed by atoms with Crippen molar-refractivity contribution in [2.24, 2.45) is 11.8 Å². The van der Waals surface area contributed by atoms with Crippen LogP contribution < -0.4 is 4.74 Å². The van der Waals surface area contributed by atoms with Crippen LogP contribution in [0.2, 0.25) is 0 Å². The van der Waals surface area contributed by atoms with Gasteiger partial charge in [-0.05, 0) is 66.9 Å². The Kier molecular flexibility index (Phi) is 10.6. The van der Waals surface area contributed by atoms with Gasteiger partial charge < -0.3 is 4.74 Å². The number of rotatable bonds is 5.